The highest BCUT2D eigenvalue weighted by Crippen LogP contribution is 2.16. The first-order valence-corrected chi connectivity index (χ1v) is 5.92. The monoisotopic (exact) mass is 259 g/mol. The molecule has 1 rings (SSSR count). The summed E-state index contributed by atoms with van der Waals surface area (Å²) in [6.07, 6.45) is -0.534. The van der Waals surface area contributed by atoms with Crippen LogP contribution in [0.5, 0.6) is 0 Å². The Hall–Kier alpha value is -1.14. The number of amides is 1. The minimum atomic E-state index is -0.560. The maximum absolute atomic E-state index is 11.7. The third kappa shape index (κ3) is 4.62. The molecule has 1 saturated heterocycles. The van der Waals surface area contributed by atoms with E-state index in [4.69, 9.17) is 14.2 Å². The Kier molecular flexibility index (Phi) is 5.10. The van der Waals surface area contributed by atoms with Crippen molar-refractivity contribution >= 4 is 11.9 Å². The number of carbonyl (C=O) groups excluding carboxylic acids is 2. The van der Waals surface area contributed by atoms with Gasteiger partial charge in [-0.05, 0) is 20.8 Å². The van der Waals surface area contributed by atoms with Gasteiger partial charge in [0, 0.05) is 7.11 Å². The molecule has 0 aromatic heterocycles. The van der Waals surface area contributed by atoms with Gasteiger partial charge in [-0.15, -0.1) is 0 Å². The van der Waals surface area contributed by atoms with Gasteiger partial charge in [-0.1, -0.05) is 0 Å². The largest absolute Gasteiger partial charge is 0.444 e. The molecule has 1 fully saturated rings. The summed E-state index contributed by atoms with van der Waals surface area (Å²) in [5, 5.41) is 2.66. The van der Waals surface area contributed by atoms with Crippen LogP contribution in [0.1, 0.15) is 20.8 Å². The van der Waals surface area contributed by atoms with Crippen molar-refractivity contribution in [2.75, 3.05) is 26.9 Å². The molecule has 1 aliphatic heterocycles. The van der Waals surface area contributed by atoms with Gasteiger partial charge in [0.2, 0.25) is 0 Å². The summed E-state index contributed by atoms with van der Waals surface area (Å²) in [5.74, 6) is -0.437. The predicted octanol–water partition coefficient (Wildman–Crippen LogP) is 0.742. The maximum Gasteiger partial charge on any atom is 0.407 e. The molecule has 1 N–H and O–H groups in total. The van der Waals surface area contributed by atoms with Crippen molar-refractivity contribution in [3.63, 3.8) is 0 Å². The molecule has 0 aromatic carbocycles. The fraction of sp³-hybridized carbons (Fsp3) is 0.833. The number of methoxy groups -OCH3 is 1. The molecule has 18 heavy (non-hydrogen) atoms. The van der Waals surface area contributed by atoms with Gasteiger partial charge in [0.1, 0.15) is 12.2 Å². The quantitative estimate of drug-likeness (QED) is 0.806. The minimum absolute atomic E-state index is 0.0283. The minimum Gasteiger partial charge on any atom is -0.444 e. The van der Waals surface area contributed by atoms with Crippen LogP contribution in [-0.2, 0) is 19.0 Å². The normalized spacial score (nSPS) is 23.8. The average molecular weight is 259 g/mol. The van der Waals surface area contributed by atoms with Crippen LogP contribution in [0.3, 0.4) is 0 Å². The molecular formula is C12H21NO5. The molecule has 0 aliphatic carbocycles. The number of rotatable bonds is 4. The van der Waals surface area contributed by atoms with Gasteiger partial charge in [0.25, 0.3) is 0 Å². The number of hydrogen-bond acceptors (Lipinski definition) is 5. The van der Waals surface area contributed by atoms with E-state index < -0.39 is 11.7 Å². The SMILES string of the molecule is COCC(=O)C1COCC1NC(=O)OC(C)(C)C. The molecule has 0 aromatic rings. The van der Waals surface area contributed by atoms with Gasteiger partial charge in [-0.3, -0.25) is 4.79 Å². The van der Waals surface area contributed by atoms with Crippen molar-refractivity contribution in [1.29, 1.82) is 0 Å². The second-order valence-corrected chi connectivity index (χ2v) is 5.30. The first-order valence-electron chi connectivity index (χ1n) is 5.92. The Morgan fingerprint density at radius 2 is 2.00 bits per heavy atom. The van der Waals surface area contributed by atoms with E-state index in [-0.39, 0.29) is 24.3 Å². The van der Waals surface area contributed by atoms with Crippen LogP contribution in [0.15, 0.2) is 0 Å². The zero-order valence-electron chi connectivity index (χ0n) is 11.3. The van der Waals surface area contributed by atoms with Crippen molar-refractivity contribution in [3.8, 4) is 0 Å². The van der Waals surface area contributed by atoms with Gasteiger partial charge in [0.15, 0.2) is 5.78 Å². The molecule has 0 bridgehead atoms. The first-order chi connectivity index (χ1) is 8.33. The van der Waals surface area contributed by atoms with Crippen molar-refractivity contribution in [2.24, 2.45) is 5.92 Å². The molecule has 0 radical (unpaired) electrons. The second kappa shape index (κ2) is 6.15. The highest BCUT2D eigenvalue weighted by atomic mass is 16.6. The molecule has 6 nitrogen and oxygen atoms in total. The fourth-order valence-electron chi connectivity index (χ4n) is 1.72. The summed E-state index contributed by atoms with van der Waals surface area (Å²) in [6.45, 7) is 6.00. The number of carbonyl (C=O) groups is 2. The molecule has 0 spiro atoms. The summed E-state index contributed by atoms with van der Waals surface area (Å²) in [7, 11) is 1.46. The lowest BCUT2D eigenvalue weighted by Gasteiger charge is -2.23. The molecule has 2 unspecified atom stereocenters. The molecule has 6 heteroatoms. The van der Waals surface area contributed by atoms with E-state index in [0.717, 1.165) is 0 Å². The van der Waals surface area contributed by atoms with Gasteiger partial charge < -0.3 is 19.5 Å². The van der Waals surface area contributed by atoms with Gasteiger partial charge in [-0.2, -0.15) is 0 Å². The van der Waals surface area contributed by atoms with Crippen LogP contribution in [0.4, 0.5) is 4.79 Å². The van der Waals surface area contributed by atoms with Gasteiger partial charge in [-0.25, -0.2) is 4.79 Å². The van der Waals surface area contributed by atoms with Crippen molar-refractivity contribution in [2.45, 2.75) is 32.4 Å². The fourth-order valence-corrected chi connectivity index (χ4v) is 1.72. The Labute approximate surface area is 107 Å². The first kappa shape index (κ1) is 14.9. The van der Waals surface area contributed by atoms with E-state index in [0.29, 0.717) is 13.2 Å². The number of ketones is 1. The van der Waals surface area contributed by atoms with Crippen LogP contribution in [0.2, 0.25) is 0 Å². The molecule has 1 aliphatic rings. The number of ether oxygens (including phenoxy) is 3. The summed E-state index contributed by atoms with van der Waals surface area (Å²) in [5.41, 5.74) is -0.560. The summed E-state index contributed by atoms with van der Waals surface area (Å²) >= 11 is 0. The number of Topliss-reactive ketones (excluding diaryl/α,β-unsaturated/α-hetero) is 1. The van der Waals surface area contributed by atoms with E-state index in [1.165, 1.54) is 7.11 Å². The van der Waals surface area contributed by atoms with Crippen LogP contribution in [0.25, 0.3) is 0 Å². The van der Waals surface area contributed by atoms with Crippen molar-refractivity contribution < 1.29 is 23.8 Å². The standard InChI is InChI=1S/C12H21NO5/c1-12(2,3)18-11(15)13-9-6-17-5-8(9)10(14)7-16-4/h8-9H,5-7H2,1-4H3,(H,13,15). The van der Waals surface area contributed by atoms with Crippen molar-refractivity contribution in [1.82, 2.24) is 5.32 Å². The van der Waals surface area contributed by atoms with E-state index >= 15 is 0 Å². The molecule has 1 amide bonds. The zero-order valence-corrected chi connectivity index (χ0v) is 11.3. The highest BCUT2D eigenvalue weighted by molar-refractivity contribution is 5.84. The molecule has 0 saturated carbocycles. The summed E-state index contributed by atoms with van der Waals surface area (Å²) < 4.78 is 15.2. The Bertz CT molecular complexity index is 310. The average Bonchev–Trinajstić information content (AvgIpc) is 2.62. The van der Waals surface area contributed by atoms with Crippen LogP contribution < -0.4 is 5.32 Å². The van der Waals surface area contributed by atoms with E-state index in [1.54, 1.807) is 20.8 Å². The Morgan fingerprint density at radius 3 is 2.56 bits per heavy atom. The lowest BCUT2D eigenvalue weighted by atomic mass is 9.99. The molecular weight excluding hydrogens is 238 g/mol. The van der Waals surface area contributed by atoms with E-state index in [2.05, 4.69) is 5.32 Å². The summed E-state index contributed by atoms with van der Waals surface area (Å²) in [6, 6.07) is -0.345. The summed E-state index contributed by atoms with van der Waals surface area (Å²) in [4.78, 5) is 23.3. The Balaban J connectivity index is 2.50. The lowest BCUT2D eigenvalue weighted by molar-refractivity contribution is -0.126. The van der Waals surface area contributed by atoms with E-state index in [1.807, 2.05) is 0 Å². The predicted molar refractivity (Wildman–Crippen MR) is 64.3 cm³/mol. The van der Waals surface area contributed by atoms with Gasteiger partial charge >= 0.3 is 6.09 Å². The van der Waals surface area contributed by atoms with Crippen LogP contribution in [0, 0.1) is 5.92 Å². The third-order valence-corrected chi connectivity index (χ3v) is 2.48. The Morgan fingerprint density at radius 1 is 1.33 bits per heavy atom. The van der Waals surface area contributed by atoms with E-state index in [9.17, 15) is 9.59 Å². The molecule has 2 atom stereocenters. The second-order valence-electron chi connectivity index (χ2n) is 5.30. The van der Waals surface area contributed by atoms with Crippen LogP contribution >= 0.6 is 0 Å². The van der Waals surface area contributed by atoms with Crippen LogP contribution in [-0.4, -0.2) is 50.4 Å². The molecule has 1 heterocycles. The molecule has 104 valence electrons. The number of hydrogen-bond donors (Lipinski definition) is 1. The highest BCUT2D eigenvalue weighted by Gasteiger charge is 2.35. The van der Waals surface area contributed by atoms with Crippen molar-refractivity contribution in [3.05, 3.63) is 0 Å². The smallest absolute Gasteiger partial charge is 0.407 e. The maximum atomic E-state index is 11.7. The zero-order chi connectivity index (χ0) is 13.8. The number of alkyl carbamates (subject to hydrolysis) is 1. The topological polar surface area (TPSA) is 73.9 Å². The van der Waals surface area contributed by atoms with Gasteiger partial charge in [0.05, 0.1) is 25.2 Å². The number of nitrogens with one attached hydrogen (secondary N) is 1. The third-order valence-electron chi connectivity index (χ3n) is 2.48. The lowest BCUT2D eigenvalue weighted by Crippen LogP contribution is -2.45.